The second-order valence-electron chi connectivity index (χ2n) is 4.44. The predicted molar refractivity (Wildman–Crippen MR) is 80.5 cm³/mol. The van der Waals surface area contributed by atoms with Gasteiger partial charge in [-0.15, -0.1) is 0 Å². The van der Waals surface area contributed by atoms with E-state index in [1.807, 2.05) is 27.7 Å². The molecule has 0 aliphatic rings. The van der Waals surface area contributed by atoms with Gasteiger partial charge in [0.25, 0.3) is 0 Å². The van der Waals surface area contributed by atoms with E-state index in [1.165, 1.54) is 0 Å². The molecule has 5 nitrogen and oxygen atoms in total. The van der Waals surface area contributed by atoms with Crippen LogP contribution in [0.4, 0.5) is 0 Å². The molecule has 0 bridgehead atoms. The van der Waals surface area contributed by atoms with Gasteiger partial charge in [0.05, 0.1) is 6.42 Å². The van der Waals surface area contributed by atoms with Crippen molar-refractivity contribution >= 4 is 5.91 Å². The number of primary amides is 1. The first-order valence-electron chi connectivity index (χ1n) is 6.91. The fourth-order valence-corrected chi connectivity index (χ4v) is 1.51. The van der Waals surface area contributed by atoms with Gasteiger partial charge < -0.3 is 15.6 Å². The number of hydrogen-bond donors (Lipinski definition) is 3. The molecule has 1 aromatic rings. The number of amides is 1. The fraction of sp³-hybridized carbons (Fsp3) is 0.533. The lowest BCUT2D eigenvalue weighted by Crippen LogP contribution is -2.38. The molecule has 0 fully saturated rings. The van der Waals surface area contributed by atoms with Gasteiger partial charge in [-0.1, -0.05) is 26.0 Å². The Balaban J connectivity index is 0.00000172. The summed E-state index contributed by atoms with van der Waals surface area (Å²) >= 11 is 0. The van der Waals surface area contributed by atoms with Crippen molar-refractivity contribution in [2.24, 2.45) is 5.73 Å². The lowest BCUT2D eigenvalue weighted by Gasteiger charge is -2.16. The second kappa shape index (κ2) is 10.2. The van der Waals surface area contributed by atoms with Crippen LogP contribution in [-0.2, 0) is 11.2 Å². The Morgan fingerprint density at radius 3 is 2.30 bits per heavy atom. The van der Waals surface area contributed by atoms with Gasteiger partial charge in [0.1, 0.15) is 18.6 Å². The molecule has 5 heteroatoms. The van der Waals surface area contributed by atoms with Crippen LogP contribution in [0.3, 0.4) is 0 Å². The van der Waals surface area contributed by atoms with Crippen LogP contribution >= 0.6 is 0 Å². The molecule has 1 unspecified atom stereocenters. The van der Waals surface area contributed by atoms with Gasteiger partial charge in [0.2, 0.25) is 5.91 Å². The summed E-state index contributed by atoms with van der Waals surface area (Å²) in [6.45, 7) is 8.07. The summed E-state index contributed by atoms with van der Waals surface area (Å²) in [5.41, 5.74) is 5.94. The van der Waals surface area contributed by atoms with Crippen LogP contribution in [0.25, 0.3) is 0 Å². The molecule has 0 saturated carbocycles. The number of ether oxygens (including phenoxy) is 1. The topological polar surface area (TPSA) is 84.6 Å². The SMILES string of the molecule is CC.CC(C)NC(O)COc1ccc(CC(N)=O)cc1. The summed E-state index contributed by atoms with van der Waals surface area (Å²) in [6.07, 6.45) is -0.479. The summed E-state index contributed by atoms with van der Waals surface area (Å²) in [5, 5.41) is 12.5. The zero-order valence-corrected chi connectivity index (χ0v) is 12.7. The lowest BCUT2D eigenvalue weighted by atomic mass is 10.1. The van der Waals surface area contributed by atoms with E-state index in [0.29, 0.717) is 5.75 Å². The van der Waals surface area contributed by atoms with Crippen molar-refractivity contribution in [2.45, 2.75) is 46.4 Å². The third-order valence-electron chi connectivity index (χ3n) is 2.24. The molecule has 0 saturated heterocycles. The lowest BCUT2D eigenvalue weighted by molar-refractivity contribution is -0.117. The largest absolute Gasteiger partial charge is 0.489 e. The summed E-state index contributed by atoms with van der Waals surface area (Å²) in [7, 11) is 0. The van der Waals surface area contributed by atoms with Crippen LogP contribution in [0.15, 0.2) is 24.3 Å². The first kappa shape index (κ1) is 18.4. The monoisotopic (exact) mass is 282 g/mol. The number of aliphatic hydroxyl groups excluding tert-OH is 1. The van der Waals surface area contributed by atoms with Gasteiger partial charge in [-0.05, 0) is 31.5 Å². The van der Waals surface area contributed by atoms with E-state index in [0.717, 1.165) is 5.56 Å². The van der Waals surface area contributed by atoms with Crippen LogP contribution in [0.2, 0.25) is 0 Å². The minimum atomic E-state index is -0.699. The molecule has 1 rings (SSSR count). The van der Waals surface area contributed by atoms with Gasteiger partial charge in [0, 0.05) is 6.04 Å². The third-order valence-corrected chi connectivity index (χ3v) is 2.24. The normalized spacial score (nSPS) is 11.5. The Bertz CT molecular complexity index is 377. The highest BCUT2D eigenvalue weighted by molar-refractivity contribution is 5.76. The van der Waals surface area contributed by atoms with Gasteiger partial charge in [0.15, 0.2) is 0 Å². The van der Waals surface area contributed by atoms with Crippen molar-refractivity contribution in [3.8, 4) is 5.75 Å². The van der Waals surface area contributed by atoms with Crippen LogP contribution in [-0.4, -0.2) is 29.9 Å². The molecule has 20 heavy (non-hydrogen) atoms. The molecule has 0 radical (unpaired) electrons. The molecular formula is C15H26N2O3. The molecule has 0 spiro atoms. The number of nitrogens with two attached hydrogens (primary N) is 1. The maximum atomic E-state index is 10.7. The molecule has 0 heterocycles. The number of nitrogens with one attached hydrogen (secondary N) is 1. The highest BCUT2D eigenvalue weighted by atomic mass is 16.5. The molecular weight excluding hydrogens is 256 g/mol. The van der Waals surface area contributed by atoms with E-state index in [-0.39, 0.29) is 25.0 Å². The molecule has 1 aromatic carbocycles. The van der Waals surface area contributed by atoms with Crippen molar-refractivity contribution in [3.05, 3.63) is 29.8 Å². The van der Waals surface area contributed by atoms with E-state index in [4.69, 9.17) is 10.5 Å². The van der Waals surface area contributed by atoms with Crippen molar-refractivity contribution in [2.75, 3.05) is 6.61 Å². The number of carbonyl (C=O) groups excluding carboxylic acids is 1. The van der Waals surface area contributed by atoms with Crippen molar-refractivity contribution in [1.82, 2.24) is 5.32 Å². The van der Waals surface area contributed by atoms with Crippen LogP contribution in [0.1, 0.15) is 33.3 Å². The van der Waals surface area contributed by atoms with Gasteiger partial charge >= 0.3 is 0 Å². The highest BCUT2D eigenvalue weighted by Crippen LogP contribution is 2.12. The molecule has 0 aliphatic carbocycles. The van der Waals surface area contributed by atoms with E-state index >= 15 is 0 Å². The number of rotatable bonds is 7. The average Bonchev–Trinajstić information content (AvgIpc) is 2.39. The van der Waals surface area contributed by atoms with E-state index in [1.54, 1.807) is 24.3 Å². The zero-order valence-electron chi connectivity index (χ0n) is 12.7. The van der Waals surface area contributed by atoms with Crippen LogP contribution < -0.4 is 15.8 Å². The molecule has 1 atom stereocenters. The van der Waals surface area contributed by atoms with E-state index < -0.39 is 6.23 Å². The Labute approximate surface area is 121 Å². The summed E-state index contributed by atoms with van der Waals surface area (Å²) in [6, 6.07) is 7.26. The van der Waals surface area contributed by atoms with Crippen molar-refractivity contribution < 1.29 is 14.6 Å². The summed E-state index contributed by atoms with van der Waals surface area (Å²) in [4.78, 5) is 10.7. The number of carbonyl (C=O) groups is 1. The van der Waals surface area contributed by atoms with Gasteiger partial charge in [-0.25, -0.2) is 0 Å². The Kier molecular flexibility index (Phi) is 9.41. The summed E-state index contributed by atoms with van der Waals surface area (Å²) in [5.74, 6) is 0.285. The van der Waals surface area contributed by atoms with Crippen molar-refractivity contribution in [1.29, 1.82) is 0 Å². The highest BCUT2D eigenvalue weighted by Gasteiger charge is 2.06. The molecule has 0 aliphatic heterocycles. The van der Waals surface area contributed by atoms with Crippen LogP contribution in [0.5, 0.6) is 5.75 Å². The minimum Gasteiger partial charge on any atom is -0.489 e. The van der Waals surface area contributed by atoms with Gasteiger partial charge in [-0.3, -0.25) is 10.1 Å². The molecule has 4 N–H and O–H groups in total. The maximum Gasteiger partial charge on any atom is 0.221 e. The second-order valence-corrected chi connectivity index (χ2v) is 4.44. The third kappa shape index (κ3) is 8.50. The maximum absolute atomic E-state index is 10.7. The smallest absolute Gasteiger partial charge is 0.221 e. The molecule has 0 aromatic heterocycles. The Hall–Kier alpha value is -1.59. The molecule has 1 amide bonds. The quantitative estimate of drug-likeness (QED) is 0.661. The van der Waals surface area contributed by atoms with Crippen molar-refractivity contribution in [3.63, 3.8) is 0 Å². The zero-order chi connectivity index (χ0) is 15.5. The Morgan fingerprint density at radius 2 is 1.85 bits per heavy atom. The standard InChI is InChI=1S/C13H20N2O3.C2H6/c1-9(2)15-13(17)8-18-11-5-3-10(4-6-11)7-12(14)16;1-2/h3-6,9,13,15,17H,7-8H2,1-2H3,(H2,14,16);1-2H3. The predicted octanol–water partition coefficient (Wildman–Crippen LogP) is 1.44. The first-order chi connectivity index (χ1) is 9.47. The number of benzene rings is 1. The minimum absolute atomic E-state index is 0.174. The number of aliphatic hydroxyl groups is 1. The first-order valence-corrected chi connectivity index (χ1v) is 6.91. The van der Waals surface area contributed by atoms with E-state index in [2.05, 4.69) is 5.32 Å². The van der Waals surface area contributed by atoms with Gasteiger partial charge in [-0.2, -0.15) is 0 Å². The van der Waals surface area contributed by atoms with Crippen LogP contribution in [0, 0.1) is 0 Å². The fourth-order valence-electron chi connectivity index (χ4n) is 1.51. The summed E-state index contributed by atoms with van der Waals surface area (Å²) < 4.78 is 5.40. The van der Waals surface area contributed by atoms with E-state index in [9.17, 15) is 9.90 Å². The average molecular weight is 282 g/mol. The number of hydrogen-bond acceptors (Lipinski definition) is 4. The Morgan fingerprint density at radius 1 is 1.30 bits per heavy atom. The molecule has 114 valence electrons.